The van der Waals surface area contributed by atoms with Crippen molar-refractivity contribution in [1.29, 1.82) is 0 Å². The standard InChI is InChI=1S/C12H20N2/c1-9-5-6-11(10(2)7-9)12(8-13)14(3)4/h5-7,12H,8,13H2,1-4H3. The van der Waals surface area contributed by atoms with Crippen molar-refractivity contribution >= 4 is 0 Å². The lowest BCUT2D eigenvalue weighted by Gasteiger charge is -2.24. The Morgan fingerprint density at radius 1 is 1.29 bits per heavy atom. The summed E-state index contributed by atoms with van der Waals surface area (Å²) in [4.78, 5) is 2.16. The molecule has 0 aliphatic carbocycles. The van der Waals surface area contributed by atoms with Crippen LogP contribution in [0.5, 0.6) is 0 Å². The molecule has 2 N–H and O–H groups in total. The highest BCUT2D eigenvalue weighted by molar-refractivity contribution is 5.32. The maximum atomic E-state index is 5.77. The van der Waals surface area contributed by atoms with E-state index in [1.54, 1.807) is 0 Å². The Hall–Kier alpha value is -0.860. The zero-order valence-corrected chi connectivity index (χ0v) is 9.54. The lowest BCUT2D eigenvalue weighted by atomic mass is 9.99. The quantitative estimate of drug-likeness (QED) is 0.792. The normalized spacial score (nSPS) is 13.3. The second-order valence-corrected chi connectivity index (χ2v) is 4.08. The van der Waals surface area contributed by atoms with Crippen LogP contribution in [0.3, 0.4) is 0 Å². The summed E-state index contributed by atoms with van der Waals surface area (Å²) in [6, 6.07) is 6.87. The van der Waals surface area contributed by atoms with Gasteiger partial charge in [0.25, 0.3) is 0 Å². The molecule has 0 aromatic heterocycles. The molecule has 0 fully saturated rings. The third kappa shape index (κ3) is 2.34. The minimum Gasteiger partial charge on any atom is -0.329 e. The van der Waals surface area contributed by atoms with Crippen LogP contribution in [0.15, 0.2) is 18.2 Å². The van der Waals surface area contributed by atoms with Crippen molar-refractivity contribution in [2.45, 2.75) is 19.9 Å². The summed E-state index contributed by atoms with van der Waals surface area (Å²) >= 11 is 0. The lowest BCUT2D eigenvalue weighted by Crippen LogP contribution is -2.27. The van der Waals surface area contributed by atoms with E-state index in [2.05, 4.69) is 51.0 Å². The van der Waals surface area contributed by atoms with Crippen LogP contribution in [-0.4, -0.2) is 25.5 Å². The van der Waals surface area contributed by atoms with Crippen LogP contribution in [0.2, 0.25) is 0 Å². The van der Waals surface area contributed by atoms with E-state index in [1.807, 2.05) is 0 Å². The average molecular weight is 192 g/mol. The van der Waals surface area contributed by atoms with Crippen LogP contribution in [0.4, 0.5) is 0 Å². The van der Waals surface area contributed by atoms with Crippen LogP contribution in [0.1, 0.15) is 22.7 Å². The molecular weight excluding hydrogens is 172 g/mol. The first-order valence-corrected chi connectivity index (χ1v) is 5.00. The predicted molar refractivity (Wildman–Crippen MR) is 61.4 cm³/mol. The number of aryl methyl sites for hydroxylation is 2. The number of hydrogen-bond donors (Lipinski definition) is 1. The molecule has 1 rings (SSSR count). The summed E-state index contributed by atoms with van der Waals surface area (Å²) in [5, 5.41) is 0. The first-order valence-electron chi connectivity index (χ1n) is 5.00. The second-order valence-electron chi connectivity index (χ2n) is 4.08. The van der Waals surface area contributed by atoms with Gasteiger partial charge in [-0.25, -0.2) is 0 Å². The van der Waals surface area contributed by atoms with Crippen LogP contribution >= 0.6 is 0 Å². The van der Waals surface area contributed by atoms with Gasteiger partial charge >= 0.3 is 0 Å². The van der Waals surface area contributed by atoms with Crippen molar-refractivity contribution in [3.05, 3.63) is 34.9 Å². The van der Waals surface area contributed by atoms with Crippen LogP contribution in [-0.2, 0) is 0 Å². The van der Waals surface area contributed by atoms with Crippen molar-refractivity contribution in [2.75, 3.05) is 20.6 Å². The fraction of sp³-hybridized carbons (Fsp3) is 0.500. The predicted octanol–water partition coefficient (Wildman–Crippen LogP) is 1.86. The van der Waals surface area contributed by atoms with Crippen molar-refractivity contribution in [3.63, 3.8) is 0 Å². The third-order valence-corrected chi connectivity index (χ3v) is 2.63. The minimum absolute atomic E-state index is 0.329. The highest BCUT2D eigenvalue weighted by Gasteiger charge is 2.13. The monoisotopic (exact) mass is 192 g/mol. The molecule has 1 aromatic carbocycles. The lowest BCUT2D eigenvalue weighted by molar-refractivity contribution is 0.305. The van der Waals surface area contributed by atoms with E-state index in [0.717, 1.165) is 0 Å². The van der Waals surface area contributed by atoms with Gasteiger partial charge < -0.3 is 10.6 Å². The van der Waals surface area contributed by atoms with E-state index in [0.29, 0.717) is 12.6 Å². The smallest absolute Gasteiger partial charge is 0.0467 e. The van der Waals surface area contributed by atoms with Crippen LogP contribution in [0.25, 0.3) is 0 Å². The molecule has 0 amide bonds. The van der Waals surface area contributed by atoms with Gasteiger partial charge in [0, 0.05) is 12.6 Å². The Labute approximate surface area is 86.7 Å². The Morgan fingerprint density at radius 2 is 1.93 bits per heavy atom. The minimum atomic E-state index is 0.329. The second kappa shape index (κ2) is 4.58. The van der Waals surface area contributed by atoms with E-state index < -0.39 is 0 Å². The summed E-state index contributed by atoms with van der Waals surface area (Å²) in [7, 11) is 4.13. The van der Waals surface area contributed by atoms with Gasteiger partial charge in [-0.3, -0.25) is 0 Å². The topological polar surface area (TPSA) is 29.3 Å². The number of hydrogen-bond acceptors (Lipinski definition) is 2. The fourth-order valence-corrected chi connectivity index (χ4v) is 1.82. The Balaban J connectivity index is 3.04. The fourth-order valence-electron chi connectivity index (χ4n) is 1.82. The van der Waals surface area contributed by atoms with Crippen molar-refractivity contribution in [3.8, 4) is 0 Å². The molecule has 0 saturated carbocycles. The first kappa shape index (κ1) is 11.2. The van der Waals surface area contributed by atoms with E-state index in [1.165, 1.54) is 16.7 Å². The van der Waals surface area contributed by atoms with Crippen LogP contribution < -0.4 is 5.73 Å². The Bertz CT molecular complexity index is 305. The summed E-state index contributed by atoms with van der Waals surface area (Å²) in [5.41, 5.74) is 9.74. The molecule has 0 radical (unpaired) electrons. The summed E-state index contributed by atoms with van der Waals surface area (Å²) < 4.78 is 0. The van der Waals surface area contributed by atoms with Gasteiger partial charge in [-0.15, -0.1) is 0 Å². The summed E-state index contributed by atoms with van der Waals surface area (Å²) in [5.74, 6) is 0. The highest BCUT2D eigenvalue weighted by Crippen LogP contribution is 2.21. The summed E-state index contributed by atoms with van der Waals surface area (Å²) in [6.45, 7) is 4.93. The first-order chi connectivity index (χ1) is 6.56. The molecule has 0 spiro atoms. The molecule has 1 atom stereocenters. The zero-order valence-electron chi connectivity index (χ0n) is 9.54. The van der Waals surface area contributed by atoms with E-state index in [-0.39, 0.29) is 0 Å². The average Bonchev–Trinajstić information content (AvgIpc) is 2.09. The van der Waals surface area contributed by atoms with Gasteiger partial charge in [0.2, 0.25) is 0 Å². The van der Waals surface area contributed by atoms with E-state index >= 15 is 0 Å². The van der Waals surface area contributed by atoms with E-state index in [9.17, 15) is 0 Å². The molecule has 1 unspecified atom stereocenters. The van der Waals surface area contributed by atoms with Crippen molar-refractivity contribution in [1.82, 2.24) is 4.90 Å². The van der Waals surface area contributed by atoms with Gasteiger partial charge in [0.05, 0.1) is 0 Å². The Kier molecular flexibility index (Phi) is 3.67. The molecule has 14 heavy (non-hydrogen) atoms. The molecule has 0 bridgehead atoms. The highest BCUT2D eigenvalue weighted by atomic mass is 15.1. The Morgan fingerprint density at radius 3 is 2.36 bits per heavy atom. The molecule has 78 valence electrons. The number of benzene rings is 1. The van der Waals surface area contributed by atoms with Crippen molar-refractivity contribution in [2.24, 2.45) is 5.73 Å². The van der Waals surface area contributed by atoms with Crippen LogP contribution in [0, 0.1) is 13.8 Å². The molecule has 0 aliphatic rings. The molecule has 0 saturated heterocycles. The zero-order chi connectivity index (χ0) is 10.7. The molecule has 0 heterocycles. The maximum Gasteiger partial charge on any atom is 0.0467 e. The number of rotatable bonds is 3. The van der Waals surface area contributed by atoms with Gasteiger partial charge in [-0.1, -0.05) is 23.8 Å². The number of nitrogens with zero attached hydrogens (tertiary/aromatic N) is 1. The van der Waals surface area contributed by atoms with Crippen molar-refractivity contribution < 1.29 is 0 Å². The maximum absolute atomic E-state index is 5.77. The number of nitrogens with two attached hydrogens (primary N) is 1. The number of likely N-dealkylation sites (N-methyl/N-ethyl adjacent to an activating group) is 1. The van der Waals surface area contributed by atoms with Gasteiger partial charge in [-0.05, 0) is 39.1 Å². The van der Waals surface area contributed by atoms with Gasteiger partial charge in [0.15, 0.2) is 0 Å². The van der Waals surface area contributed by atoms with Gasteiger partial charge in [-0.2, -0.15) is 0 Å². The molecule has 1 aromatic rings. The molecular formula is C12H20N2. The molecule has 2 heteroatoms. The summed E-state index contributed by atoms with van der Waals surface area (Å²) in [6.07, 6.45) is 0. The molecule has 2 nitrogen and oxygen atoms in total. The SMILES string of the molecule is Cc1ccc(C(CN)N(C)C)c(C)c1. The third-order valence-electron chi connectivity index (χ3n) is 2.63. The molecule has 0 aliphatic heterocycles. The largest absolute Gasteiger partial charge is 0.329 e. The van der Waals surface area contributed by atoms with Gasteiger partial charge in [0.1, 0.15) is 0 Å². The van der Waals surface area contributed by atoms with E-state index in [4.69, 9.17) is 5.73 Å².